The monoisotopic (exact) mass is 248 g/mol. The first-order chi connectivity index (χ1) is 8.54. The van der Waals surface area contributed by atoms with Crippen LogP contribution >= 0.6 is 0 Å². The Morgan fingerprint density at radius 1 is 1.33 bits per heavy atom. The zero-order chi connectivity index (χ0) is 13.7. The van der Waals surface area contributed by atoms with Crippen LogP contribution in [0.15, 0.2) is 18.2 Å². The van der Waals surface area contributed by atoms with E-state index in [-0.39, 0.29) is 5.91 Å². The number of carbonyl (C=O) groups is 1. The summed E-state index contributed by atoms with van der Waals surface area (Å²) in [6.45, 7) is 6.25. The van der Waals surface area contributed by atoms with E-state index in [1.807, 2.05) is 44.1 Å². The maximum absolute atomic E-state index is 12.4. The van der Waals surface area contributed by atoms with Crippen molar-refractivity contribution >= 4 is 11.6 Å². The normalized spacial score (nSPS) is 10.6. The molecule has 0 saturated heterocycles. The van der Waals surface area contributed by atoms with E-state index in [0.717, 1.165) is 29.7 Å². The second-order valence-corrected chi connectivity index (χ2v) is 4.67. The van der Waals surface area contributed by atoms with Crippen molar-refractivity contribution in [1.29, 1.82) is 0 Å². The van der Waals surface area contributed by atoms with E-state index in [2.05, 4.69) is 19.2 Å². The van der Waals surface area contributed by atoms with Crippen LogP contribution in [-0.4, -0.2) is 30.9 Å². The zero-order valence-corrected chi connectivity index (χ0v) is 12.1. The molecule has 0 aliphatic heterocycles. The number of rotatable bonds is 5. The lowest BCUT2D eigenvalue weighted by molar-refractivity contribution is 0.0723. The minimum absolute atomic E-state index is 0.106. The van der Waals surface area contributed by atoms with Crippen LogP contribution in [0.5, 0.6) is 0 Å². The highest BCUT2D eigenvalue weighted by Gasteiger charge is 2.18. The Labute approximate surface area is 110 Å². The van der Waals surface area contributed by atoms with Gasteiger partial charge in [0.15, 0.2) is 0 Å². The van der Waals surface area contributed by atoms with Crippen LogP contribution in [0.2, 0.25) is 0 Å². The highest BCUT2D eigenvalue weighted by Crippen LogP contribution is 2.18. The van der Waals surface area contributed by atoms with Gasteiger partial charge in [-0.05, 0) is 43.5 Å². The predicted octanol–water partition coefficient (Wildman–Crippen LogP) is 3.30. The standard InChI is InChI=1S/C15H24N2O/c1-6-13(7-2)17(5)15(18)12-8-9-14(16-4)11(3)10-12/h8-10,13,16H,6-7H2,1-5H3. The Morgan fingerprint density at radius 2 is 1.94 bits per heavy atom. The number of hydrogen-bond acceptors (Lipinski definition) is 2. The molecule has 1 amide bonds. The van der Waals surface area contributed by atoms with Crippen LogP contribution in [0.3, 0.4) is 0 Å². The molecule has 0 spiro atoms. The van der Waals surface area contributed by atoms with E-state index in [1.165, 1.54) is 0 Å². The molecule has 0 aliphatic rings. The van der Waals surface area contributed by atoms with Crippen molar-refractivity contribution < 1.29 is 4.79 Å². The summed E-state index contributed by atoms with van der Waals surface area (Å²) in [6.07, 6.45) is 1.98. The average Bonchev–Trinajstić information content (AvgIpc) is 2.39. The second-order valence-electron chi connectivity index (χ2n) is 4.67. The fourth-order valence-electron chi connectivity index (χ4n) is 2.28. The van der Waals surface area contributed by atoms with Gasteiger partial charge in [0.1, 0.15) is 0 Å². The molecule has 0 atom stereocenters. The first-order valence-electron chi connectivity index (χ1n) is 6.60. The Hall–Kier alpha value is -1.51. The van der Waals surface area contributed by atoms with E-state index >= 15 is 0 Å². The number of aryl methyl sites for hydroxylation is 1. The van der Waals surface area contributed by atoms with Crippen LogP contribution in [0.25, 0.3) is 0 Å². The van der Waals surface area contributed by atoms with Gasteiger partial charge in [0.25, 0.3) is 5.91 Å². The summed E-state index contributed by atoms with van der Waals surface area (Å²) in [4.78, 5) is 14.2. The molecular weight excluding hydrogens is 224 g/mol. The van der Waals surface area contributed by atoms with Crippen molar-refractivity contribution in [3.8, 4) is 0 Å². The molecule has 0 radical (unpaired) electrons. The van der Waals surface area contributed by atoms with Crippen LogP contribution in [-0.2, 0) is 0 Å². The van der Waals surface area contributed by atoms with Gasteiger partial charge in [-0.15, -0.1) is 0 Å². The molecular formula is C15H24N2O. The number of hydrogen-bond donors (Lipinski definition) is 1. The number of nitrogens with zero attached hydrogens (tertiary/aromatic N) is 1. The second kappa shape index (κ2) is 6.43. The molecule has 0 heterocycles. The molecule has 1 N–H and O–H groups in total. The highest BCUT2D eigenvalue weighted by molar-refractivity contribution is 5.95. The van der Waals surface area contributed by atoms with Crippen molar-refractivity contribution in [3.63, 3.8) is 0 Å². The fraction of sp³-hybridized carbons (Fsp3) is 0.533. The fourth-order valence-corrected chi connectivity index (χ4v) is 2.28. The molecule has 0 aliphatic carbocycles. The summed E-state index contributed by atoms with van der Waals surface area (Å²) in [5.74, 6) is 0.106. The molecule has 0 bridgehead atoms. The van der Waals surface area contributed by atoms with E-state index in [9.17, 15) is 4.79 Å². The summed E-state index contributed by atoms with van der Waals surface area (Å²) in [5, 5.41) is 3.11. The third kappa shape index (κ3) is 3.03. The van der Waals surface area contributed by atoms with Crippen molar-refractivity contribution in [2.45, 2.75) is 39.7 Å². The van der Waals surface area contributed by atoms with Crippen molar-refractivity contribution in [2.75, 3.05) is 19.4 Å². The first kappa shape index (κ1) is 14.6. The number of amides is 1. The maximum Gasteiger partial charge on any atom is 0.253 e. The molecule has 1 aromatic carbocycles. The van der Waals surface area contributed by atoms with Crippen LogP contribution in [0.4, 0.5) is 5.69 Å². The topological polar surface area (TPSA) is 32.3 Å². The van der Waals surface area contributed by atoms with Crippen LogP contribution in [0.1, 0.15) is 42.6 Å². The van der Waals surface area contributed by atoms with Gasteiger partial charge >= 0.3 is 0 Å². The van der Waals surface area contributed by atoms with E-state index in [0.29, 0.717) is 6.04 Å². The van der Waals surface area contributed by atoms with Gasteiger partial charge in [0, 0.05) is 31.4 Å². The maximum atomic E-state index is 12.4. The SMILES string of the molecule is CCC(CC)N(C)C(=O)c1ccc(NC)c(C)c1. The number of anilines is 1. The van der Waals surface area contributed by atoms with E-state index < -0.39 is 0 Å². The molecule has 0 unspecified atom stereocenters. The molecule has 0 saturated carbocycles. The van der Waals surface area contributed by atoms with Crippen LogP contribution < -0.4 is 5.32 Å². The van der Waals surface area contributed by atoms with Gasteiger partial charge in [0.2, 0.25) is 0 Å². The molecule has 3 heteroatoms. The Morgan fingerprint density at radius 3 is 2.39 bits per heavy atom. The summed E-state index contributed by atoms with van der Waals surface area (Å²) in [6, 6.07) is 6.12. The average molecular weight is 248 g/mol. The Balaban J connectivity index is 2.93. The minimum atomic E-state index is 0.106. The summed E-state index contributed by atoms with van der Waals surface area (Å²) < 4.78 is 0. The van der Waals surface area contributed by atoms with Gasteiger partial charge < -0.3 is 10.2 Å². The van der Waals surface area contributed by atoms with E-state index in [4.69, 9.17) is 0 Å². The van der Waals surface area contributed by atoms with Gasteiger partial charge in [-0.1, -0.05) is 13.8 Å². The third-order valence-electron chi connectivity index (χ3n) is 3.55. The summed E-state index contributed by atoms with van der Waals surface area (Å²) in [7, 11) is 3.78. The summed E-state index contributed by atoms with van der Waals surface area (Å²) in [5.41, 5.74) is 2.93. The van der Waals surface area contributed by atoms with Gasteiger partial charge in [-0.2, -0.15) is 0 Å². The molecule has 0 fully saturated rings. The highest BCUT2D eigenvalue weighted by atomic mass is 16.2. The number of nitrogens with one attached hydrogen (secondary N) is 1. The molecule has 3 nitrogen and oxygen atoms in total. The Kier molecular flexibility index (Phi) is 5.20. The van der Waals surface area contributed by atoms with Gasteiger partial charge in [0.05, 0.1) is 0 Å². The minimum Gasteiger partial charge on any atom is -0.388 e. The summed E-state index contributed by atoms with van der Waals surface area (Å²) >= 11 is 0. The van der Waals surface area contributed by atoms with Gasteiger partial charge in [-0.25, -0.2) is 0 Å². The first-order valence-corrected chi connectivity index (χ1v) is 6.60. The molecule has 1 aromatic rings. The van der Waals surface area contributed by atoms with Crippen molar-refractivity contribution in [1.82, 2.24) is 4.90 Å². The smallest absolute Gasteiger partial charge is 0.253 e. The number of benzene rings is 1. The predicted molar refractivity (Wildman–Crippen MR) is 77.2 cm³/mol. The lowest BCUT2D eigenvalue weighted by atomic mass is 10.1. The van der Waals surface area contributed by atoms with E-state index in [1.54, 1.807) is 0 Å². The Bertz CT molecular complexity index is 411. The lowest BCUT2D eigenvalue weighted by Gasteiger charge is -2.26. The zero-order valence-electron chi connectivity index (χ0n) is 12.1. The van der Waals surface area contributed by atoms with Crippen molar-refractivity contribution in [2.24, 2.45) is 0 Å². The molecule has 1 rings (SSSR count). The van der Waals surface area contributed by atoms with Crippen molar-refractivity contribution in [3.05, 3.63) is 29.3 Å². The largest absolute Gasteiger partial charge is 0.388 e. The molecule has 0 aromatic heterocycles. The van der Waals surface area contributed by atoms with Gasteiger partial charge in [-0.3, -0.25) is 4.79 Å². The molecule has 100 valence electrons. The molecule has 18 heavy (non-hydrogen) atoms. The third-order valence-corrected chi connectivity index (χ3v) is 3.55. The number of carbonyl (C=O) groups excluding carboxylic acids is 1. The quantitative estimate of drug-likeness (QED) is 0.867. The van der Waals surface area contributed by atoms with Crippen LogP contribution in [0, 0.1) is 6.92 Å². The lowest BCUT2D eigenvalue weighted by Crippen LogP contribution is -2.36.